The largest absolute Gasteiger partial charge is 0.357 e. The number of hydrogen-bond acceptors (Lipinski definition) is 3. The molecule has 0 aliphatic carbocycles. The van der Waals surface area contributed by atoms with Crippen molar-refractivity contribution < 1.29 is 0 Å². The molecule has 0 aliphatic heterocycles. The zero-order valence-electron chi connectivity index (χ0n) is 12.4. The summed E-state index contributed by atoms with van der Waals surface area (Å²) in [5.41, 5.74) is 7.17. The third-order valence-corrected chi connectivity index (χ3v) is 3.77. The molecule has 0 aromatic carbocycles. The summed E-state index contributed by atoms with van der Waals surface area (Å²) >= 11 is 0. The molecule has 1 heterocycles. The minimum atomic E-state index is 0.241. The molecule has 1 rings (SSSR count). The highest BCUT2D eigenvalue weighted by atomic mass is 15.2. The van der Waals surface area contributed by atoms with E-state index in [1.54, 1.807) is 0 Å². The van der Waals surface area contributed by atoms with Gasteiger partial charge in [0.25, 0.3) is 0 Å². The van der Waals surface area contributed by atoms with Crippen LogP contribution in [0.3, 0.4) is 0 Å². The first-order valence-corrected chi connectivity index (χ1v) is 6.89. The number of hydrogen-bond donors (Lipinski definition) is 1. The van der Waals surface area contributed by atoms with Gasteiger partial charge in [-0.05, 0) is 37.3 Å². The van der Waals surface area contributed by atoms with Gasteiger partial charge in [-0.3, -0.25) is 0 Å². The summed E-state index contributed by atoms with van der Waals surface area (Å²) in [4.78, 5) is 6.77. The van der Waals surface area contributed by atoms with E-state index in [-0.39, 0.29) is 6.04 Å². The normalized spacial score (nSPS) is 14.6. The summed E-state index contributed by atoms with van der Waals surface area (Å²) in [5.74, 6) is 1.65. The SMILES string of the molecule is CCC(N)Cc1ccc(N(C)C(C)C(C)C)nc1. The fourth-order valence-corrected chi connectivity index (χ4v) is 1.85. The van der Waals surface area contributed by atoms with Crippen molar-refractivity contribution in [3.05, 3.63) is 23.9 Å². The molecule has 3 nitrogen and oxygen atoms in total. The van der Waals surface area contributed by atoms with Crippen molar-refractivity contribution in [1.29, 1.82) is 0 Å². The molecule has 102 valence electrons. The van der Waals surface area contributed by atoms with Gasteiger partial charge in [-0.2, -0.15) is 0 Å². The number of nitrogens with zero attached hydrogens (tertiary/aromatic N) is 2. The Bertz CT molecular complexity index is 345. The number of pyridine rings is 1. The minimum Gasteiger partial charge on any atom is -0.357 e. The summed E-state index contributed by atoms with van der Waals surface area (Å²) < 4.78 is 0. The second-order valence-corrected chi connectivity index (χ2v) is 5.49. The Morgan fingerprint density at radius 1 is 1.28 bits per heavy atom. The van der Waals surface area contributed by atoms with Crippen LogP contribution in [0, 0.1) is 5.92 Å². The molecule has 0 radical (unpaired) electrons. The Kier molecular flexibility index (Phi) is 5.60. The Morgan fingerprint density at radius 3 is 2.39 bits per heavy atom. The van der Waals surface area contributed by atoms with Gasteiger partial charge >= 0.3 is 0 Å². The van der Waals surface area contributed by atoms with E-state index in [1.165, 1.54) is 5.56 Å². The van der Waals surface area contributed by atoms with Gasteiger partial charge in [0, 0.05) is 25.3 Å². The second-order valence-electron chi connectivity index (χ2n) is 5.49. The van der Waals surface area contributed by atoms with Crippen molar-refractivity contribution in [2.24, 2.45) is 11.7 Å². The summed E-state index contributed by atoms with van der Waals surface area (Å²) in [6, 6.07) is 4.96. The standard InChI is InChI=1S/C15H27N3/c1-6-14(16)9-13-7-8-15(17-10-13)18(5)12(4)11(2)3/h7-8,10-12,14H,6,9,16H2,1-5H3. The molecule has 2 atom stereocenters. The highest BCUT2D eigenvalue weighted by Crippen LogP contribution is 2.17. The van der Waals surface area contributed by atoms with E-state index in [0.717, 1.165) is 18.7 Å². The van der Waals surface area contributed by atoms with E-state index >= 15 is 0 Å². The van der Waals surface area contributed by atoms with Gasteiger partial charge in [0.15, 0.2) is 0 Å². The molecule has 0 aliphatic rings. The molecule has 1 aromatic rings. The van der Waals surface area contributed by atoms with Crippen molar-refractivity contribution in [2.75, 3.05) is 11.9 Å². The molecule has 3 heteroatoms. The van der Waals surface area contributed by atoms with Crippen LogP contribution in [0.5, 0.6) is 0 Å². The van der Waals surface area contributed by atoms with Gasteiger partial charge in [-0.25, -0.2) is 4.98 Å². The van der Waals surface area contributed by atoms with Crippen molar-refractivity contribution in [1.82, 2.24) is 4.98 Å². The lowest BCUT2D eigenvalue weighted by Gasteiger charge is -2.29. The first-order chi connectivity index (χ1) is 8.45. The van der Waals surface area contributed by atoms with Gasteiger partial charge in [0.2, 0.25) is 0 Å². The first kappa shape index (κ1) is 15.0. The fraction of sp³-hybridized carbons (Fsp3) is 0.667. The topological polar surface area (TPSA) is 42.1 Å². The maximum absolute atomic E-state index is 5.95. The Labute approximate surface area is 111 Å². The van der Waals surface area contributed by atoms with Crippen LogP contribution in [-0.4, -0.2) is 24.1 Å². The van der Waals surface area contributed by atoms with Gasteiger partial charge in [-0.1, -0.05) is 26.8 Å². The lowest BCUT2D eigenvalue weighted by molar-refractivity contribution is 0.502. The predicted molar refractivity (Wildman–Crippen MR) is 78.9 cm³/mol. The van der Waals surface area contributed by atoms with Crippen molar-refractivity contribution >= 4 is 5.82 Å². The average Bonchev–Trinajstić information content (AvgIpc) is 2.37. The molecular formula is C15H27N3. The zero-order valence-corrected chi connectivity index (χ0v) is 12.4. The van der Waals surface area contributed by atoms with Gasteiger partial charge < -0.3 is 10.6 Å². The summed E-state index contributed by atoms with van der Waals surface area (Å²) in [7, 11) is 2.10. The lowest BCUT2D eigenvalue weighted by atomic mass is 10.0. The molecule has 0 saturated carbocycles. The average molecular weight is 249 g/mol. The van der Waals surface area contributed by atoms with E-state index in [1.807, 2.05) is 6.20 Å². The first-order valence-electron chi connectivity index (χ1n) is 6.89. The molecule has 0 saturated heterocycles. The smallest absolute Gasteiger partial charge is 0.128 e. The van der Waals surface area contributed by atoms with E-state index in [0.29, 0.717) is 12.0 Å². The Balaban J connectivity index is 2.70. The highest BCUT2D eigenvalue weighted by Gasteiger charge is 2.14. The molecule has 18 heavy (non-hydrogen) atoms. The fourth-order valence-electron chi connectivity index (χ4n) is 1.85. The third kappa shape index (κ3) is 3.98. The molecule has 0 bridgehead atoms. The third-order valence-electron chi connectivity index (χ3n) is 3.77. The van der Waals surface area contributed by atoms with Crippen LogP contribution in [0.15, 0.2) is 18.3 Å². The predicted octanol–water partition coefficient (Wildman–Crippen LogP) is 2.84. The van der Waals surface area contributed by atoms with Crippen molar-refractivity contribution in [2.45, 2.75) is 52.6 Å². The van der Waals surface area contributed by atoms with Crippen LogP contribution in [-0.2, 0) is 6.42 Å². The van der Waals surface area contributed by atoms with Crippen LogP contribution in [0.25, 0.3) is 0 Å². The van der Waals surface area contributed by atoms with Gasteiger partial charge in [-0.15, -0.1) is 0 Å². The number of aromatic nitrogens is 1. The second kappa shape index (κ2) is 6.74. The monoisotopic (exact) mass is 249 g/mol. The van der Waals surface area contributed by atoms with Gasteiger partial charge in [0.1, 0.15) is 5.82 Å². The van der Waals surface area contributed by atoms with Crippen LogP contribution < -0.4 is 10.6 Å². The van der Waals surface area contributed by atoms with E-state index in [2.05, 4.69) is 56.8 Å². The summed E-state index contributed by atoms with van der Waals surface area (Å²) in [6.07, 6.45) is 3.87. The Morgan fingerprint density at radius 2 is 1.94 bits per heavy atom. The van der Waals surface area contributed by atoms with E-state index < -0.39 is 0 Å². The summed E-state index contributed by atoms with van der Waals surface area (Å²) in [5, 5.41) is 0. The quantitative estimate of drug-likeness (QED) is 0.843. The molecule has 1 aromatic heterocycles. The molecular weight excluding hydrogens is 222 g/mol. The van der Waals surface area contributed by atoms with Crippen molar-refractivity contribution in [3.63, 3.8) is 0 Å². The molecule has 0 amide bonds. The Hall–Kier alpha value is -1.09. The van der Waals surface area contributed by atoms with Crippen LogP contribution in [0.4, 0.5) is 5.82 Å². The number of nitrogens with two attached hydrogens (primary N) is 1. The van der Waals surface area contributed by atoms with Gasteiger partial charge in [0.05, 0.1) is 0 Å². The maximum Gasteiger partial charge on any atom is 0.128 e. The van der Waals surface area contributed by atoms with Crippen LogP contribution >= 0.6 is 0 Å². The maximum atomic E-state index is 5.95. The van der Waals surface area contributed by atoms with E-state index in [9.17, 15) is 0 Å². The molecule has 2 N–H and O–H groups in total. The number of anilines is 1. The van der Waals surface area contributed by atoms with Crippen molar-refractivity contribution in [3.8, 4) is 0 Å². The summed E-state index contributed by atoms with van der Waals surface area (Å²) in [6.45, 7) is 8.81. The molecule has 0 fully saturated rings. The lowest BCUT2D eigenvalue weighted by Crippen LogP contribution is -2.33. The van der Waals surface area contributed by atoms with Crippen LogP contribution in [0.2, 0.25) is 0 Å². The zero-order chi connectivity index (χ0) is 13.7. The minimum absolute atomic E-state index is 0.241. The van der Waals surface area contributed by atoms with E-state index in [4.69, 9.17) is 5.73 Å². The number of rotatable bonds is 6. The molecule has 2 unspecified atom stereocenters. The van der Waals surface area contributed by atoms with Crippen LogP contribution in [0.1, 0.15) is 39.7 Å². The molecule has 0 spiro atoms. The highest BCUT2D eigenvalue weighted by molar-refractivity contribution is 5.39.